The van der Waals surface area contributed by atoms with Crippen LogP contribution in [0.15, 0.2) is 11.1 Å². The number of hydrogen-bond acceptors (Lipinski definition) is 2. The molecule has 1 saturated heterocycles. The molecule has 3 nitrogen and oxygen atoms in total. The molecule has 1 aliphatic heterocycles. The Hall–Kier alpha value is -0.0600. The summed E-state index contributed by atoms with van der Waals surface area (Å²) in [5, 5.41) is 5.90. The summed E-state index contributed by atoms with van der Waals surface area (Å²) >= 11 is 3.18. The highest BCUT2D eigenvalue weighted by molar-refractivity contribution is 9.11. The second-order valence-electron chi connectivity index (χ2n) is 2.88. The van der Waals surface area contributed by atoms with Crippen molar-refractivity contribution in [1.82, 2.24) is 10.6 Å². The minimum absolute atomic E-state index is 0. The SMILES string of the molecule is C=C(Br)CNC(=O)[C@@H]1CCCN1.Cl. The van der Waals surface area contributed by atoms with E-state index in [2.05, 4.69) is 33.1 Å². The summed E-state index contributed by atoms with van der Waals surface area (Å²) in [6.07, 6.45) is 2.04. The molecular weight excluding hydrogens is 255 g/mol. The zero-order valence-corrected chi connectivity index (χ0v) is 9.71. The normalized spacial score (nSPS) is 20.5. The molecule has 0 radical (unpaired) electrons. The Morgan fingerprint density at radius 3 is 2.85 bits per heavy atom. The molecule has 0 saturated carbocycles. The van der Waals surface area contributed by atoms with Gasteiger partial charge in [0, 0.05) is 11.0 Å². The second-order valence-corrected chi connectivity index (χ2v) is 4.01. The molecule has 5 heteroatoms. The van der Waals surface area contributed by atoms with Crippen molar-refractivity contribution in [2.75, 3.05) is 13.1 Å². The average molecular weight is 270 g/mol. The lowest BCUT2D eigenvalue weighted by molar-refractivity contribution is -0.122. The van der Waals surface area contributed by atoms with Crippen molar-refractivity contribution in [1.29, 1.82) is 0 Å². The Morgan fingerprint density at radius 1 is 1.69 bits per heavy atom. The van der Waals surface area contributed by atoms with Crippen LogP contribution in [0.1, 0.15) is 12.8 Å². The maximum Gasteiger partial charge on any atom is 0.237 e. The molecule has 13 heavy (non-hydrogen) atoms. The monoisotopic (exact) mass is 268 g/mol. The molecule has 1 aliphatic rings. The summed E-state index contributed by atoms with van der Waals surface area (Å²) in [7, 11) is 0. The van der Waals surface area contributed by atoms with Gasteiger partial charge in [-0.25, -0.2) is 0 Å². The van der Waals surface area contributed by atoms with Crippen LogP contribution in [-0.2, 0) is 4.79 Å². The number of carbonyl (C=O) groups is 1. The van der Waals surface area contributed by atoms with Gasteiger partial charge < -0.3 is 10.6 Å². The molecule has 1 fully saturated rings. The van der Waals surface area contributed by atoms with E-state index in [1.807, 2.05) is 0 Å². The lowest BCUT2D eigenvalue weighted by atomic mass is 10.2. The van der Waals surface area contributed by atoms with Crippen molar-refractivity contribution in [3.8, 4) is 0 Å². The van der Waals surface area contributed by atoms with Gasteiger partial charge in [0.05, 0.1) is 6.04 Å². The minimum atomic E-state index is 0. The van der Waals surface area contributed by atoms with E-state index in [4.69, 9.17) is 0 Å². The first-order valence-electron chi connectivity index (χ1n) is 4.04. The Bertz CT molecular complexity index is 193. The fraction of sp³-hybridized carbons (Fsp3) is 0.625. The minimum Gasteiger partial charge on any atom is -0.350 e. The van der Waals surface area contributed by atoms with Gasteiger partial charge in [0.1, 0.15) is 0 Å². The van der Waals surface area contributed by atoms with Gasteiger partial charge in [0.25, 0.3) is 0 Å². The molecule has 76 valence electrons. The fourth-order valence-electron chi connectivity index (χ4n) is 1.21. The van der Waals surface area contributed by atoms with Gasteiger partial charge in [-0.1, -0.05) is 22.5 Å². The highest BCUT2D eigenvalue weighted by Crippen LogP contribution is 2.05. The van der Waals surface area contributed by atoms with Crippen LogP contribution in [0.3, 0.4) is 0 Å². The molecule has 0 aromatic heterocycles. The number of rotatable bonds is 3. The summed E-state index contributed by atoms with van der Waals surface area (Å²) < 4.78 is 0.800. The molecule has 0 spiro atoms. The van der Waals surface area contributed by atoms with Crippen LogP contribution in [0.25, 0.3) is 0 Å². The van der Waals surface area contributed by atoms with Crippen LogP contribution in [-0.4, -0.2) is 25.0 Å². The molecule has 2 N–H and O–H groups in total. The first kappa shape index (κ1) is 12.9. The summed E-state index contributed by atoms with van der Waals surface area (Å²) in [6, 6.07) is 0.0110. The van der Waals surface area contributed by atoms with Crippen molar-refractivity contribution >= 4 is 34.2 Å². The van der Waals surface area contributed by atoms with E-state index in [0.717, 1.165) is 23.9 Å². The van der Waals surface area contributed by atoms with Gasteiger partial charge in [0.2, 0.25) is 5.91 Å². The zero-order valence-electron chi connectivity index (χ0n) is 7.31. The van der Waals surface area contributed by atoms with Gasteiger partial charge in [-0.15, -0.1) is 12.4 Å². The Balaban J connectivity index is 0.00000144. The molecule has 1 amide bonds. The Kier molecular flexibility index (Phi) is 6.37. The number of nitrogens with one attached hydrogen (secondary N) is 2. The van der Waals surface area contributed by atoms with Crippen LogP contribution in [0.4, 0.5) is 0 Å². The maximum absolute atomic E-state index is 11.3. The van der Waals surface area contributed by atoms with Crippen molar-refractivity contribution < 1.29 is 4.79 Å². The average Bonchev–Trinajstić information content (AvgIpc) is 2.51. The molecule has 0 aromatic carbocycles. The molecule has 0 aromatic rings. The van der Waals surface area contributed by atoms with Crippen LogP contribution in [0.5, 0.6) is 0 Å². The van der Waals surface area contributed by atoms with Gasteiger partial charge >= 0.3 is 0 Å². The van der Waals surface area contributed by atoms with Gasteiger partial charge in [-0.3, -0.25) is 4.79 Å². The quantitative estimate of drug-likeness (QED) is 0.808. The highest BCUT2D eigenvalue weighted by atomic mass is 79.9. The standard InChI is InChI=1S/C8H13BrN2O.ClH/c1-6(9)5-11-8(12)7-3-2-4-10-7;/h7,10H,1-5H2,(H,11,12);1H/t7-;/m0./s1. The number of amides is 1. The van der Waals surface area contributed by atoms with Crippen molar-refractivity contribution in [3.05, 3.63) is 11.1 Å². The summed E-state index contributed by atoms with van der Waals surface area (Å²) in [5.74, 6) is 0.0769. The summed E-state index contributed by atoms with van der Waals surface area (Å²) in [4.78, 5) is 11.3. The lowest BCUT2D eigenvalue weighted by Crippen LogP contribution is -2.40. The molecule has 1 heterocycles. The highest BCUT2D eigenvalue weighted by Gasteiger charge is 2.21. The van der Waals surface area contributed by atoms with E-state index >= 15 is 0 Å². The topological polar surface area (TPSA) is 41.1 Å². The van der Waals surface area contributed by atoms with E-state index in [1.165, 1.54) is 0 Å². The molecule has 0 aliphatic carbocycles. The molecule has 1 atom stereocenters. The smallest absolute Gasteiger partial charge is 0.237 e. The van der Waals surface area contributed by atoms with E-state index in [-0.39, 0.29) is 24.4 Å². The van der Waals surface area contributed by atoms with Crippen LogP contribution >= 0.6 is 28.3 Å². The van der Waals surface area contributed by atoms with E-state index in [1.54, 1.807) is 0 Å². The molecular formula is C8H14BrClN2O. The van der Waals surface area contributed by atoms with Crippen LogP contribution in [0.2, 0.25) is 0 Å². The van der Waals surface area contributed by atoms with Crippen LogP contribution < -0.4 is 10.6 Å². The summed E-state index contributed by atoms with van der Waals surface area (Å²) in [6.45, 7) is 5.10. The first-order chi connectivity index (χ1) is 5.70. The van der Waals surface area contributed by atoms with Crippen molar-refractivity contribution in [2.24, 2.45) is 0 Å². The van der Waals surface area contributed by atoms with Crippen molar-refractivity contribution in [2.45, 2.75) is 18.9 Å². The number of halogens is 2. The van der Waals surface area contributed by atoms with Gasteiger partial charge in [-0.05, 0) is 19.4 Å². The third kappa shape index (κ3) is 4.64. The number of hydrogen-bond donors (Lipinski definition) is 2. The predicted molar refractivity (Wildman–Crippen MR) is 59.3 cm³/mol. The van der Waals surface area contributed by atoms with Crippen molar-refractivity contribution in [3.63, 3.8) is 0 Å². The Morgan fingerprint density at radius 2 is 2.38 bits per heavy atom. The Labute approximate surface area is 92.9 Å². The molecule has 1 rings (SSSR count). The second kappa shape index (κ2) is 6.40. The lowest BCUT2D eigenvalue weighted by Gasteiger charge is -2.09. The van der Waals surface area contributed by atoms with E-state index < -0.39 is 0 Å². The predicted octanol–water partition coefficient (Wildman–Crippen LogP) is 1.18. The first-order valence-corrected chi connectivity index (χ1v) is 4.84. The third-order valence-corrected chi connectivity index (χ3v) is 2.11. The van der Waals surface area contributed by atoms with E-state index in [0.29, 0.717) is 6.54 Å². The largest absolute Gasteiger partial charge is 0.350 e. The maximum atomic E-state index is 11.3. The van der Waals surface area contributed by atoms with Crippen LogP contribution in [0, 0.1) is 0 Å². The fourth-order valence-corrected chi connectivity index (χ4v) is 1.35. The van der Waals surface area contributed by atoms with Gasteiger partial charge in [0.15, 0.2) is 0 Å². The third-order valence-electron chi connectivity index (χ3n) is 1.83. The molecule has 0 unspecified atom stereocenters. The van der Waals surface area contributed by atoms with Gasteiger partial charge in [-0.2, -0.15) is 0 Å². The zero-order chi connectivity index (χ0) is 8.97. The number of carbonyl (C=O) groups excluding carboxylic acids is 1. The summed E-state index contributed by atoms with van der Waals surface area (Å²) in [5.41, 5.74) is 0. The molecule has 0 bridgehead atoms. The van der Waals surface area contributed by atoms with E-state index in [9.17, 15) is 4.79 Å².